The number of aromatic nitrogens is 1. The number of ether oxygens (including phenoxy) is 1. The highest BCUT2D eigenvalue weighted by molar-refractivity contribution is 7.80. The molecule has 3 N–H and O–H groups in total. The molecule has 5 nitrogen and oxygen atoms in total. The summed E-state index contributed by atoms with van der Waals surface area (Å²) in [7, 11) is 0. The minimum Gasteiger partial charge on any atom is -0.370 e. The number of aryl methyl sites for hydroxylation is 1. The van der Waals surface area contributed by atoms with Gasteiger partial charge in [0, 0.05) is 16.6 Å². The highest BCUT2D eigenvalue weighted by atomic mass is 32.1. The molecule has 2 heterocycles. The van der Waals surface area contributed by atoms with Crippen LogP contribution in [0.4, 0.5) is 5.69 Å². The van der Waals surface area contributed by atoms with Crippen molar-refractivity contribution in [3.8, 4) is 11.3 Å². The number of thiocarbonyl (C=S) groups is 1. The molecule has 1 aliphatic rings. The lowest BCUT2D eigenvalue weighted by atomic mass is 10.1. The van der Waals surface area contributed by atoms with Crippen molar-refractivity contribution >= 4 is 34.4 Å². The second kappa shape index (κ2) is 8.53. The third-order valence-corrected chi connectivity index (χ3v) is 5.04. The Hall–Kier alpha value is -1.54. The van der Waals surface area contributed by atoms with Crippen LogP contribution in [0, 0.1) is 6.92 Å². The fourth-order valence-corrected chi connectivity index (χ4v) is 3.50. The number of hydrogen-bond donors (Lipinski definition) is 3. The van der Waals surface area contributed by atoms with E-state index in [1.54, 1.807) is 16.2 Å². The molecule has 0 atom stereocenters. The minimum absolute atomic E-state index is 0.667. The Morgan fingerprint density at radius 2 is 2.04 bits per heavy atom. The lowest BCUT2D eigenvalue weighted by Crippen LogP contribution is -3.14. The maximum absolute atomic E-state index is 5.37. The lowest BCUT2D eigenvalue weighted by molar-refractivity contribution is -0.906. The van der Waals surface area contributed by atoms with Crippen molar-refractivity contribution in [3.05, 3.63) is 34.7 Å². The number of benzene rings is 1. The van der Waals surface area contributed by atoms with Crippen molar-refractivity contribution in [2.24, 2.45) is 0 Å². The van der Waals surface area contributed by atoms with Crippen LogP contribution in [0.15, 0.2) is 29.6 Å². The van der Waals surface area contributed by atoms with Crippen LogP contribution < -0.4 is 15.5 Å². The second-order valence-corrected chi connectivity index (χ2v) is 7.29. The molecule has 1 saturated heterocycles. The molecule has 128 valence electrons. The first kappa shape index (κ1) is 17.3. The largest absolute Gasteiger partial charge is 0.370 e. The van der Waals surface area contributed by atoms with Gasteiger partial charge in [-0.15, -0.1) is 11.3 Å². The number of morpholine rings is 1. The van der Waals surface area contributed by atoms with E-state index in [2.05, 4.69) is 33.1 Å². The van der Waals surface area contributed by atoms with Gasteiger partial charge in [-0.25, -0.2) is 4.98 Å². The number of quaternary nitrogens is 1. The third-order valence-electron chi connectivity index (χ3n) is 4.02. The molecule has 0 unspecified atom stereocenters. The van der Waals surface area contributed by atoms with Crippen LogP contribution in [0.25, 0.3) is 11.3 Å². The van der Waals surface area contributed by atoms with E-state index in [0.717, 1.165) is 61.3 Å². The van der Waals surface area contributed by atoms with Gasteiger partial charge in [-0.05, 0) is 31.3 Å². The zero-order valence-corrected chi connectivity index (χ0v) is 15.4. The summed E-state index contributed by atoms with van der Waals surface area (Å²) in [5, 5.41) is 10.3. The summed E-state index contributed by atoms with van der Waals surface area (Å²) in [4.78, 5) is 6.07. The number of thiazole rings is 1. The molecular weight excluding hydrogens is 340 g/mol. The van der Waals surface area contributed by atoms with Gasteiger partial charge in [-0.1, -0.05) is 12.1 Å². The molecule has 1 aromatic heterocycles. The smallest absolute Gasteiger partial charge is 0.170 e. The van der Waals surface area contributed by atoms with Gasteiger partial charge < -0.3 is 20.3 Å². The summed E-state index contributed by atoms with van der Waals surface area (Å²) in [5.41, 5.74) is 3.14. The molecule has 0 radical (unpaired) electrons. The molecule has 0 aliphatic carbocycles. The fraction of sp³-hybridized carbons (Fsp3) is 0.412. The van der Waals surface area contributed by atoms with Crippen LogP contribution in [0.5, 0.6) is 0 Å². The molecule has 0 spiro atoms. The fourth-order valence-electron chi connectivity index (χ4n) is 2.66. The molecule has 3 rings (SSSR count). The average molecular weight is 364 g/mol. The van der Waals surface area contributed by atoms with E-state index in [1.807, 2.05) is 19.1 Å². The van der Waals surface area contributed by atoms with Crippen molar-refractivity contribution in [3.63, 3.8) is 0 Å². The summed E-state index contributed by atoms with van der Waals surface area (Å²) < 4.78 is 5.37. The van der Waals surface area contributed by atoms with Gasteiger partial charge in [0.25, 0.3) is 0 Å². The van der Waals surface area contributed by atoms with Crippen molar-refractivity contribution in [1.82, 2.24) is 10.3 Å². The standard InChI is InChI=1S/C17H22N4OS2/c1-13-19-16(12-24-13)14-2-4-15(5-3-14)20-17(23)18-6-7-21-8-10-22-11-9-21/h2-5,12H,6-11H2,1H3,(H2,18,20,23)/p+1. The molecular formula is C17H23N4OS2+. The summed E-state index contributed by atoms with van der Waals surface area (Å²) in [5.74, 6) is 0. The number of rotatable bonds is 5. The highest BCUT2D eigenvalue weighted by Gasteiger charge is 2.12. The van der Waals surface area contributed by atoms with Crippen LogP contribution in [-0.2, 0) is 4.74 Å². The van der Waals surface area contributed by atoms with Crippen molar-refractivity contribution in [2.75, 3.05) is 44.7 Å². The van der Waals surface area contributed by atoms with E-state index in [0.29, 0.717) is 5.11 Å². The SMILES string of the molecule is Cc1nc(-c2ccc(NC(=S)NCC[NH+]3CCOCC3)cc2)cs1. The molecule has 0 amide bonds. The summed E-state index contributed by atoms with van der Waals surface area (Å²) in [6, 6.07) is 8.20. The normalized spacial score (nSPS) is 15.2. The van der Waals surface area contributed by atoms with E-state index in [1.165, 1.54) is 0 Å². The number of nitrogens with one attached hydrogen (secondary N) is 3. The summed E-state index contributed by atoms with van der Waals surface area (Å²) in [6.45, 7) is 7.85. The van der Waals surface area contributed by atoms with Crippen LogP contribution in [0.2, 0.25) is 0 Å². The number of anilines is 1. The highest BCUT2D eigenvalue weighted by Crippen LogP contribution is 2.22. The molecule has 0 saturated carbocycles. The molecule has 2 aromatic rings. The number of nitrogens with zero attached hydrogens (tertiary/aromatic N) is 1. The molecule has 0 bridgehead atoms. The van der Waals surface area contributed by atoms with Crippen LogP contribution in [0.3, 0.4) is 0 Å². The first-order chi connectivity index (χ1) is 11.7. The quantitative estimate of drug-likeness (QED) is 0.700. The van der Waals surface area contributed by atoms with Crippen molar-refractivity contribution in [1.29, 1.82) is 0 Å². The third kappa shape index (κ3) is 4.98. The monoisotopic (exact) mass is 363 g/mol. The second-order valence-electron chi connectivity index (χ2n) is 5.82. The molecule has 7 heteroatoms. The average Bonchev–Trinajstić information content (AvgIpc) is 3.03. The summed E-state index contributed by atoms with van der Waals surface area (Å²) >= 11 is 7.03. The van der Waals surface area contributed by atoms with Gasteiger partial charge in [0.05, 0.1) is 37.0 Å². The zero-order valence-electron chi connectivity index (χ0n) is 13.8. The maximum Gasteiger partial charge on any atom is 0.170 e. The van der Waals surface area contributed by atoms with Gasteiger partial charge >= 0.3 is 0 Å². The van der Waals surface area contributed by atoms with E-state index in [4.69, 9.17) is 17.0 Å². The Balaban J connectivity index is 1.44. The Labute approximate surface area is 152 Å². The molecule has 1 aliphatic heterocycles. The first-order valence-electron chi connectivity index (χ1n) is 8.19. The Morgan fingerprint density at radius 1 is 1.29 bits per heavy atom. The Bertz CT molecular complexity index is 665. The topological polar surface area (TPSA) is 50.6 Å². The van der Waals surface area contributed by atoms with Crippen molar-refractivity contribution in [2.45, 2.75) is 6.92 Å². The maximum atomic E-state index is 5.37. The van der Waals surface area contributed by atoms with Gasteiger partial charge in [0.2, 0.25) is 0 Å². The lowest BCUT2D eigenvalue weighted by Gasteiger charge is -2.24. The predicted molar refractivity (Wildman–Crippen MR) is 103 cm³/mol. The molecule has 24 heavy (non-hydrogen) atoms. The van der Waals surface area contributed by atoms with Gasteiger partial charge in [0.1, 0.15) is 13.1 Å². The Morgan fingerprint density at radius 3 is 2.71 bits per heavy atom. The first-order valence-corrected chi connectivity index (χ1v) is 9.48. The van der Waals surface area contributed by atoms with Gasteiger partial charge in [-0.3, -0.25) is 0 Å². The minimum atomic E-state index is 0.667. The summed E-state index contributed by atoms with van der Waals surface area (Å²) in [6.07, 6.45) is 0. The van der Waals surface area contributed by atoms with Crippen LogP contribution in [-0.4, -0.2) is 49.5 Å². The number of hydrogen-bond acceptors (Lipinski definition) is 4. The molecule has 1 aromatic carbocycles. The van der Waals surface area contributed by atoms with E-state index < -0.39 is 0 Å². The van der Waals surface area contributed by atoms with Gasteiger partial charge in [0.15, 0.2) is 5.11 Å². The van der Waals surface area contributed by atoms with E-state index in [9.17, 15) is 0 Å². The Kier molecular flexibility index (Phi) is 6.14. The van der Waals surface area contributed by atoms with E-state index in [-0.39, 0.29) is 0 Å². The zero-order chi connectivity index (χ0) is 16.8. The van der Waals surface area contributed by atoms with Gasteiger partial charge in [-0.2, -0.15) is 0 Å². The predicted octanol–water partition coefficient (Wildman–Crippen LogP) is 1.32. The van der Waals surface area contributed by atoms with Crippen LogP contribution >= 0.6 is 23.6 Å². The van der Waals surface area contributed by atoms with Crippen molar-refractivity contribution < 1.29 is 9.64 Å². The van der Waals surface area contributed by atoms with E-state index >= 15 is 0 Å². The molecule has 1 fully saturated rings. The van der Waals surface area contributed by atoms with Crippen LogP contribution in [0.1, 0.15) is 5.01 Å².